The zero-order valence-corrected chi connectivity index (χ0v) is 9.96. The van der Waals surface area contributed by atoms with E-state index in [4.69, 9.17) is 5.73 Å². The van der Waals surface area contributed by atoms with Crippen LogP contribution in [-0.2, 0) is 4.74 Å². The summed E-state index contributed by atoms with van der Waals surface area (Å²) in [7, 11) is 0. The summed E-state index contributed by atoms with van der Waals surface area (Å²) in [6.45, 7) is 2.29. The Balaban J connectivity index is 2.58. The maximum Gasteiger partial charge on any atom is 0.404 e. The Kier molecular flexibility index (Phi) is 5.06. The number of para-hydroxylation sites is 1. The number of rotatable bonds is 6. The summed E-state index contributed by atoms with van der Waals surface area (Å²) in [6.07, 6.45) is -0.838. The van der Waals surface area contributed by atoms with Crippen LogP contribution < -0.4 is 11.1 Å². The molecule has 0 bridgehead atoms. The lowest BCUT2D eigenvalue weighted by atomic mass is 10.1. The molecule has 1 aromatic carbocycles. The Morgan fingerprint density at radius 3 is 2.83 bits per heavy atom. The predicted molar refractivity (Wildman–Crippen MR) is 65.0 cm³/mol. The molecule has 1 unspecified atom stereocenters. The topological polar surface area (TPSA) is 107 Å². The molecule has 1 rings (SSSR count). The third-order valence-electron chi connectivity index (χ3n) is 2.40. The van der Waals surface area contributed by atoms with Crippen LogP contribution in [0.4, 0.5) is 10.5 Å². The summed E-state index contributed by atoms with van der Waals surface area (Å²) in [6, 6.07) is 6.27. The van der Waals surface area contributed by atoms with Crippen LogP contribution in [0.5, 0.6) is 0 Å². The van der Waals surface area contributed by atoms with Crippen LogP contribution in [0, 0.1) is 10.1 Å². The first-order valence-electron chi connectivity index (χ1n) is 5.41. The van der Waals surface area contributed by atoms with Crippen molar-refractivity contribution in [3.63, 3.8) is 0 Å². The maximum atomic E-state index is 10.8. The second-order valence-electron chi connectivity index (χ2n) is 3.66. The highest BCUT2D eigenvalue weighted by Gasteiger charge is 2.17. The van der Waals surface area contributed by atoms with Gasteiger partial charge in [0.05, 0.1) is 4.92 Å². The molecule has 0 saturated carbocycles. The van der Waals surface area contributed by atoms with Crippen LogP contribution in [-0.4, -0.2) is 24.2 Å². The molecule has 0 aliphatic rings. The van der Waals surface area contributed by atoms with Crippen LogP contribution in [0.3, 0.4) is 0 Å². The van der Waals surface area contributed by atoms with Gasteiger partial charge in [-0.05, 0) is 6.92 Å². The van der Waals surface area contributed by atoms with E-state index in [-0.39, 0.29) is 18.3 Å². The first-order valence-corrected chi connectivity index (χ1v) is 5.41. The first kappa shape index (κ1) is 13.9. The quantitative estimate of drug-likeness (QED) is 0.452. The Morgan fingerprint density at radius 2 is 2.22 bits per heavy atom. The molecule has 3 N–H and O–H groups in total. The van der Waals surface area contributed by atoms with Crippen molar-refractivity contribution in [3.05, 3.63) is 39.9 Å². The summed E-state index contributed by atoms with van der Waals surface area (Å²) in [5.74, 6) is 0. The Hall–Kier alpha value is -2.15. The van der Waals surface area contributed by atoms with E-state index in [9.17, 15) is 14.9 Å². The second-order valence-corrected chi connectivity index (χ2v) is 3.66. The summed E-state index contributed by atoms with van der Waals surface area (Å²) in [4.78, 5) is 20.8. The molecule has 1 amide bonds. The number of ether oxygens (including phenoxy) is 1. The number of nitrogens with two attached hydrogens (primary N) is 1. The standard InChI is InChI=1S/C11H15N3O4/c1-8(13-6-7-18-11(12)15)9-4-2-3-5-10(9)14(16)17/h2-5,8,13H,6-7H2,1H3,(H2,12,15). The molecule has 0 aromatic heterocycles. The van der Waals surface area contributed by atoms with E-state index in [1.54, 1.807) is 25.1 Å². The fourth-order valence-electron chi connectivity index (χ4n) is 1.56. The number of amides is 1. The van der Waals surface area contributed by atoms with Gasteiger partial charge >= 0.3 is 6.09 Å². The molecule has 0 radical (unpaired) electrons. The molecular formula is C11H15N3O4. The predicted octanol–water partition coefficient (Wildman–Crippen LogP) is 1.34. The highest BCUT2D eigenvalue weighted by Crippen LogP contribution is 2.23. The SMILES string of the molecule is CC(NCCOC(N)=O)c1ccccc1[N+](=O)[O-]. The van der Waals surface area contributed by atoms with E-state index in [0.29, 0.717) is 12.1 Å². The fraction of sp³-hybridized carbons (Fsp3) is 0.364. The number of carbonyl (C=O) groups excluding carboxylic acids is 1. The van der Waals surface area contributed by atoms with Crippen molar-refractivity contribution in [1.29, 1.82) is 0 Å². The maximum absolute atomic E-state index is 10.8. The van der Waals surface area contributed by atoms with E-state index in [0.717, 1.165) is 0 Å². The minimum Gasteiger partial charge on any atom is -0.448 e. The van der Waals surface area contributed by atoms with Crippen molar-refractivity contribution in [3.8, 4) is 0 Å². The third kappa shape index (κ3) is 4.02. The van der Waals surface area contributed by atoms with Crippen molar-refractivity contribution in [2.75, 3.05) is 13.2 Å². The van der Waals surface area contributed by atoms with Gasteiger partial charge < -0.3 is 15.8 Å². The van der Waals surface area contributed by atoms with Gasteiger partial charge in [-0.2, -0.15) is 0 Å². The van der Waals surface area contributed by atoms with Gasteiger partial charge in [-0.3, -0.25) is 10.1 Å². The molecular weight excluding hydrogens is 238 g/mol. The molecule has 0 heterocycles. The number of hydrogen-bond acceptors (Lipinski definition) is 5. The van der Waals surface area contributed by atoms with Crippen molar-refractivity contribution < 1.29 is 14.5 Å². The average Bonchev–Trinajstić information content (AvgIpc) is 2.34. The second kappa shape index (κ2) is 6.55. The molecule has 0 spiro atoms. The van der Waals surface area contributed by atoms with Crippen molar-refractivity contribution in [2.24, 2.45) is 5.73 Å². The number of hydrogen-bond donors (Lipinski definition) is 2. The minimum absolute atomic E-state index is 0.0633. The summed E-state index contributed by atoms with van der Waals surface area (Å²) in [5, 5.41) is 13.8. The van der Waals surface area contributed by atoms with Crippen LogP contribution in [0.2, 0.25) is 0 Å². The molecule has 0 saturated heterocycles. The molecule has 7 nitrogen and oxygen atoms in total. The third-order valence-corrected chi connectivity index (χ3v) is 2.40. The molecule has 0 fully saturated rings. The monoisotopic (exact) mass is 253 g/mol. The lowest BCUT2D eigenvalue weighted by molar-refractivity contribution is -0.385. The van der Waals surface area contributed by atoms with Crippen LogP contribution in [0.1, 0.15) is 18.5 Å². The number of nitro benzene ring substituents is 1. The van der Waals surface area contributed by atoms with Crippen molar-refractivity contribution in [1.82, 2.24) is 5.32 Å². The van der Waals surface area contributed by atoms with Gasteiger partial charge in [0, 0.05) is 24.2 Å². The summed E-state index contributed by atoms with van der Waals surface area (Å²) < 4.78 is 4.55. The minimum atomic E-state index is -0.838. The zero-order valence-electron chi connectivity index (χ0n) is 9.96. The normalized spacial score (nSPS) is 11.8. The smallest absolute Gasteiger partial charge is 0.404 e. The average molecular weight is 253 g/mol. The number of nitrogens with zero attached hydrogens (tertiary/aromatic N) is 1. The fourth-order valence-corrected chi connectivity index (χ4v) is 1.56. The van der Waals surface area contributed by atoms with Crippen molar-refractivity contribution >= 4 is 11.8 Å². The molecule has 7 heteroatoms. The van der Waals surface area contributed by atoms with Gasteiger partial charge in [0.2, 0.25) is 0 Å². The van der Waals surface area contributed by atoms with Crippen LogP contribution >= 0.6 is 0 Å². The van der Waals surface area contributed by atoms with Gasteiger partial charge in [0.25, 0.3) is 5.69 Å². The highest BCUT2D eigenvalue weighted by molar-refractivity contribution is 5.64. The van der Waals surface area contributed by atoms with Gasteiger partial charge in [0.15, 0.2) is 0 Å². The van der Waals surface area contributed by atoms with E-state index >= 15 is 0 Å². The Labute approximate surface area is 104 Å². The molecule has 1 atom stereocenters. The van der Waals surface area contributed by atoms with E-state index in [2.05, 4.69) is 10.1 Å². The molecule has 1 aromatic rings. The van der Waals surface area contributed by atoms with Gasteiger partial charge in [0.1, 0.15) is 6.61 Å². The number of carbonyl (C=O) groups is 1. The number of primary amides is 1. The number of nitro groups is 1. The molecule has 98 valence electrons. The van der Waals surface area contributed by atoms with Gasteiger partial charge in [-0.25, -0.2) is 4.79 Å². The first-order chi connectivity index (χ1) is 8.52. The van der Waals surface area contributed by atoms with Crippen LogP contribution in [0.15, 0.2) is 24.3 Å². The molecule has 18 heavy (non-hydrogen) atoms. The largest absolute Gasteiger partial charge is 0.448 e. The Bertz CT molecular complexity index is 436. The van der Waals surface area contributed by atoms with E-state index in [1.165, 1.54) is 6.07 Å². The zero-order chi connectivity index (χ0) is 13.5. The lowest BCUT2D eigenvalue weighted by Crippen LogP contribution is -2.26. The Morgan fingerprint density at radius 1 is 1.56 bits per heavy atom. The number of nitrogens with one attached hydrogen (secondary N) is 1. The molecule has 0 aliphatic heterocycles. The van der Waals surface area contributed by atoms with E-state index in [1.807, 2.05) is 0 Å². The summed E-state index contributed by atoms with van der Waals surface area (Å²) in [5.41, 5.74) is 5.45. The van der Waals surface area contributed by atoms with Crippen LogP contribution in [0.25, 0.3) is 0 Å². The van der Waals surface area contributed by atoms with Gasteiger partial charge in [-0.1, -0.05) is 18.2 Å². The highest BCUT2D eigenvalue weighted by atomic mass is 16.6. The van der Waals surface area contributed by atoms with Gasteiger partial charge in [-0.15, -0.1) is 0 Å². The van der Waals surface area contributed by atoms with E-state index < -0.39 is 11.0 Å². The molecule has 0 aliphatic carbocycles. The lowest BCUT2D eigenvalue weighted by Gasteiger charge is -2.14. The summed E-state index contributed by atoms with van der Waals surface area (Å²) >= 11 is 0. The van der Waals surface area contributed by atoms with Crippen molar-refractivity contribution in [2.45, 2.75) is 13.0 Å². The number of benzene rings is 1.